The van der Waals surface area contributed by atoms with Crippen molar-refractivity contribution >= 4 is 12.1 Å². The number of amides is 1. The smallest absolute Gasteiger partial charge is 0.407 e. The topological polar surface area (TPSA) is 66.8 Å². The Morgan fingerprint density at radius 1 is 1.54 bits per heavy atom. The molecule has 0 aliphatic heterocycles. The third-order valence-electron chi connectivity index (χ3n) is 1.33. The SMILES string of the molecule is C=C(C)C(=O)OCCN(C)C(=O)O. The van der Waals surface area contributed by atoms with E-state index in [1.54, 1.807) is 0 Å². The molecule has 0 rings (SSSR count). The van der Waals surface area contributed by atoms with Gasteiger partial charge < -0.3 is 14.7 Å². The van der Waals surface area contributed by atoms with E-state index in [1.165, 1.54) is 14.0 Å². The fraction of sp³-hybridized carbons (Fsp3) is 0.500. The van der Waals surface area contributed by atoms with Crippen LogP contribution in [0, 0.1) is 0 Å². The van der Waals surface area contributed by atoms with Crippen molar-refractivity contribution < 1.29 is 19.4 Å². The van der Waals surface area contributed by atoms with Crippen molar-refractivity contribution in [3.8, 4) is 0 Å². The van der Waals surface area contributed by atoms with Crippen molar-refractivity contribution in [1.29, 1.82) is 0 Å². The van der Waals surface area contributed by atoms with Crippen molar-refractivity contribution in [2.45, 2.75) is 6.92 Å². The number of nitrogens with zero attached hydrogens (tertiary/aromatic N) is 1. The van der Waals surface area contributed by atoms with Gasteiger partial charge in [-0.3, -0.25) is 0 Å². The van der Waals surface area contributed by atoms with Gasteiger partial charge in [0.15, 0.2) is 0 Å². The Labute approximate surface area is 76.6 Å². The first-order valence-electron chi connectivity index (χ1n) is 3.72. The molecule has 5 nitrogen and oxygen atoms in total. The van der Waals surface area contributed by atoms with Crippen molar-refractivity contribution in [2.75, 3.05) is 20.2 Å². The van der Waals surface area contributed by atoms with Gasteiger partial charge in [0.1, 0.15) is 6.61 Å². The molecule has 0 aromatic carbocycles. The summed E-state index contributed by atoms with van der Waals surface area (Å²) < 4.78 is 4.68. The monoisotopic (exact) mass is 187 g/mol. The standard InChI is InChI=1S/C8H13NO4/c1-6(2)7(10)13-5-4-9(3)8(11)12/h1,4-5H2,2-3H3,(H,11,12). The number of esters is 1. The normalized spacial score (nSPS) is 9.08. The molecule has 0 unspecified atom stereocenters. The van der Waals surface area contributed by atoms with Gasteiger partial charge in [0.2, 0.25) is 0 Å². The highest BCUT2D eigenvalue weighted by molar-refractivity contribution is 5.86. The number of carbonyl (C=O) groups is 2. The third-order valence-corrected chi connectivity index (χ3v) is 1.33. The average molecular weight is 187 g/mol. The van der Waals surface area contributed by atoms with E-state index in [-0.39, 0.29) is 13.2 Å². The van der Waals surface area contributed by atoms with Crippen molar-refractivity contribution in [1.82, 2.24) is 4.90 Å². The van der Waals surface area contributed by atoms with Crippen LogP contribution < -0.4 is 0 Å². The lowest BCUT2D eigenvalue weighted by Crippen LogP contribution is -2.29. The molecule has 0 fully saturated rings. The van der Waals surface area contributed by atoms with Crippen LogP contribution in [0.3, 0.4) is 0 Å². The maximum Gasteiger partial charge on any atom is 0.407 e. The van der Waals surface area contributed by atoms with E-state index >= 15 is 0 Å². The third kappa shape index (κ3) is 4.84. The molecule has 1 N–H and O–H groups in total. The van der Waals surface area contributed by atoms with Crippen LogP contribution in [0.15, 0.2) is 12.2 Å². The van der Waals surface area contributed by atoms with Gasteiger partial charge in [0.05, 0.1) is 6.54 Å². The van der Waals surface area contributed by atoms with Gasteiger partial charge in [0, 0.05) is 12.6 Å². The Balaban J connectivity index is 3.62. The second kappa shape index (κ2) is 5.18. The fourth-order valence-corrected chi connectivity index (χ4v) is 0.494. The van der Waals surface area contributed by atoms with Gasteiger partial charge in [-0.25, -0.2) is 9.59 Å². The second-order valence-corrected chi connectivity index (χ2v) is 2.62. The molecule has 0 bridgehead atoms. The first kappa shape index (κ1) is 11.5. The van der Waals surface area contributed by atoms with Crippen LogP contribution in [0.4, 0.5) is 4.79 Å². The van der Waals surface area contributed by atoms with Crippen LogP contribution in [0.2, 0.25) is 0 Å². The minimum absolute atomic E-state index is 0.0501. The molecule has 0 radical (unpaired) electrons. The van der Waals surface area contributed by atoms with Gasteiger partial charge in [-0.1, -0.05) is 6.58 Å². The lowest BCUT2D eigenvalue weighted by molar-refractivity contribution is -0.139. The number of likely N-dealkylation sites (N-methyl/N-ethyl adjacent to an activating group) is 1. The number of hydrogen-bond acceptors (Lipinski definition) is 3. The summed E-state index contributed by atoms with van der Waals surface area (Å²) in [7, 11) is 1.40. The summed E-state index contributed by atoms with van der Waals surface area (Å²) in [4.78, 5) is 22.1. The zero-order chi connectivity index (χ0) is 10.4. The van der Waals surface area contributed by atoms with Crippen LogP contribution in [0.25, 0.3) is 0 Å². The van der Waals surface area contributed by atoms with Crippen molar-refractivity contribution in [3.63, 3.8) is 0 Å². The summed E-state index contributed by atoms with van der Waals surface area (Å²) in [5.74, 6) is -0.501. The second-order valence-electron chi connectivity index (χ2n) is 2.62. The maximum atomic E-state index is 10.8. The number of carbonyl (C=O) groups excluding carboxylic acids is 1. The average Bonchev–Trinajstić information content (AvgIpc) is 2.03. The Morgan fingerprint density at radius 3 is 2.46 bits per heavy atom. The van der Waals surface area contributed by atoms with Gasteiger partial charge in [-0.05, 0) is 6.92 Å². The Hall–Kier alpha value is -1.52. The minimum Gasteiger partial charge on any atom is -0.465 e. The molecule has 13 heavy (non-hydrogen) atoms. The summed E-state index contributed by atoms with van der Waals surface area (Å²) in [5.41, 5.74) is 0.304. The van der Waals surface area contributed by atoms with Crippen LogP contribution in [0.5, 0.6) is 0 Å². The van der Waals surface area contributed by atoms with Crippen molar-refractivity contribution in [2.24, 2.45) is 0 Å². The molecule has 0 saturated heterocycles. The molecule has 0 heterocycles. The fourth-order valence-electron chi connectivity index (χ4n) is 0.494. The van der Waals surface area contributed by atoms with E-state index < -0.39 is 12.1 Å². The highest BCUT2D eigenvalue weighted by Gasteiger charge is 2.07. The van der Waals surface area contributed by atoms with E-state index in [1.807, 2.05) is 0 Å². The predicted octanol–water partition coefficient (Wildman–Crippen LogP) is 0.716. The lowest BCUT2D eigenvalue weighted by Gasteiger charge is -2.12. The lowest BCUT2D eigenvalue weighted by atomic mass is 10.4. The number of hydrogen-bond donors (Lipinski definition) is 1. The Bertz CT molecular complexity index is 224. The molecule has 74 valence electrons. The predicted molar refractivity (Wildman–Crippen MR) is 46.4 cm³/mol. The maximum absolute atomic E-state index is 10.8. The van der Waals surface area contributed by atoms with Crippen LogP contribution in [-0.2, 0) is 9.53 Å². The summed E-state index contributed by atoms with van der Waals surface area (Å²) in [6.07, 6.45) is -1.05. The van der Waals surface area contributed by atoms with Crippen molar-refractivity contribution in [3.05, 3.63) is 12.2 Å². The Morgan fingerprint density at radius 2 is 2.08 bits per heavy atom. The van der Waals surface area contributed by atoms with Gasteiger partial charge in [0.25, 0.3) is 0 Å². The van der Waals surface area contributed by atoms with Gasteiger partial charge in [-0.15, -0.1) is 0 Å². The number of ether oxygens (including phenoxy) is 1. The molecule has 0 aliphatic carbocycles. The van der Waals surface area contributed by atoms with E-state index in [0.717, 1.165) is 4.90 Å². The van der Waals surface area contributed by atoms with E-state index in [4.69, 9.17) is 5.11 Å². The highest BCUT2D eigenvalue weighted by Crippen LogP contribution is 1.92. The summed E-state index contributed by atoms with van der Waals surface area (Å²) in [6, 6.07) is 0. The molecule has 0 aromatic heterocycles. The molecular weight excluding hydrogens is 174 g/mol. The molecule has 1 amide bonds. The largest absolute Gasteiger partial charge is 0.465 e. The van der Waals surface area contributed by atoms with E-state index in [2.05, 4.69) is 11.3 Å². The molecular formula is C8H13NO4. The minimum atomic E-state index is -1.05. The zero-order valence-corrected chi connectivity index (χ0v) is 7.74. The molecule has 0 saturated carbocycles. The van der Waals surface area contributed by atoms with E-state index in [9.17, 15) is 9.59 Å². The van der Waals surface area contributed by atoms with Crippen LogP contribution >= 0.6 is 0 Å². The van der Waals surface area contributed by atoms with Gasteiger partial charge >= 0.3 is 12.1 Å². The quantitative estimate of drug-likeness (QED) is 0.520. The molecule has 0 atom stereocenters. The van der Waals surface area contributed by atoms with Crippen LogP contribution in [0.1, 0.15) is 6.92 Å². The highest BCUT2D eigenvalue weighted by atomic mass is 16.5. The molecule has 0 aliphatic rings. The summed E-state index contributed by atoms with van der Waals surface area (Å²) in [6.45, 7) is 5.13. The van der Waals surface area contributed by atoms with Crippen LogP contribution in [-0.4, -0.2) is 42.3 Å². The number of carboxylic acid groups (broad SMARTS) is 1. The first-order valence-corrected chi connectivity index (χ1v) is 3.72. The molecule has 0 aromatic rings. The Kier molecular flexibility index (Phi) is 4.58. The summed E-state index contributed by atoms with van der Waals surface area (Å²) in [5, 5.41) is 8.42. The first-order chi connectivity index (χ1) is 5.95. The number of rotatable bonds is 4. The van der Waals surface area contributed by atoms with Gasteiger partial charge in [-0.2, -0.15) is 0 Å². The summed E-state index contributed by atoms with van der Waals surface area (Å²) >= 11 is 0. The molecule has 0 spiro atoms. The zero-order valence-electron chi connectivity index (χ0n) is 7.74. The van der Waals surface area contributed by atoms with E-state index in [0.29, 0.717) is 5.57 Å². The molecule has 5 heteroatoms.